The van der Waals surface area contributed by atoms with Crippen LogP contribution in [0.25, 0.3) is 10.9 Å². The molecule has 0 saturated carbocycles. The summed E-state index contributed by atoms with van der Waals surface area (Å²) in [7, 11) is 0. The molecule has 2 rings (SSSR count). The van der Waals surface area contributed by atoms with E-state index < -0.39 is 11.7 Å². The van der Waals surface area contributed by atoms with Crippen LogP contribution in [0.4, 0.5) is 13.2 Å². The second kappa shape index (κ2) is 5.30. The van der Waals surface area contributed by atoms with Gasteiger partial charge in [0.1, 0.15) is 11.0 Å². The molecule has 2 aromatic rings. The SMILES string of the molecule is OCCCc1nc(Cl)c2cc(C(F)(F)F)ccc2n1. The molecule has 0 spiro atoms. The number of aromatic nitrogens is 2. The molecular formula is C12H10ClF3N2O. The Morgan fingerprint density at radius 2 is 1.95 bits per heavy atom. The molecule has 1 aromatic heterocycles. The number of fused-ring (bicyclic) bond motifs is 1. The van der Waals surface area contributed by atoms with Gasteiger partial charge in [-0.15, -0.1) is 0 Å². The zero-order chi connectivity index (χ0) is 14.0. The Balaban J connectivity index is 2.48. The van der Waals surface area contributed by atoms with Gasteiger partial charge in [0.05, 0.1) is 11.1 Å². The van der Waals surface area contributed by atoms with Gasteiger partial charge in [-0.25, -0.2) is 9.97 Å². The van der Waals surface area contributed by atoms with Gasteiger partial charge in [0.15, 0.2) is 0 Å². The molecule has 0 fully saturated rings. The summed E-state index contributed by atoms with van der Waals surface area (Å²) in [5.74, 6) is 0.409. The number of alkyl halides is 3. The first kappa shape index (κ1) is 14.0. The van der Waals surface area contributed by atoms with Crippen LogP contribution in [0.2, 0.25) is 5.15 Å². The molecule has 1 heterocycles. The van der Waals surface area contributed by atoms with E-state index >= 15 is 0 Å². The Morgan fingerprint density at radius 1 is 1.21 bits per heavy atom. The maximum Gasteiger partial charge on any atom is 0.416 e. The molecule has 0 aliphatic carbocycles. The van der Waals surface area contributed by atoms with Crippen molar-refractivity contribution in [3.05, 3.63) is 34.7 Å². The van der Waals surface area contributed by atoms with Crippen LogP contribution in [0.3, 0.4) is 0 Å². The molecule has 0 aliphatic rings. The van der Waals surface area contributed by atoms with E-state index in [0.717, 1.165) is 12.1 Å². The highest BCUT2D eigenvalue weighted by atomic mass is 35.5. The highest BCUT2D eigenvalue weighted by Crippen LogP contribution is 2.32. The van der Waals surface area contributed by atoms with E-state index in [-0.39, 0.29) is 17.1 Å². The lowest BCUT2D eigenvalue weighted by atomic mass is 10.1. The van der Waals surface area contributed by atoms with Crippen LogP contribution in [0.1, 0.15) is 17.8 Å². The van der Waals surface area contributed by atoms with Crippen molar-refractivity contribution in [3.63, 3.8) is 0 Å². The van der Waals surface area contributed by atoms with Gasteiger partial charge in [0.2, 0.25) is 0 Å². The maximum atomic E-state index is 12.6. The first-order valence-electron chi connectivity index (χ1n) is 5.56. The van der Waals surface area contributed by atoms with Crippen molar-refractivity contribution in [1.29, 1.82) is 0 Å². The molecule has 3 nitrogen and oxygen atoms in total. The number of nitrogens with zero attached hydrogens (tertiary/aromatic N) is 2. The first-order valence-corrected chi connectivity index (χ1v) is 5.94. The lowest BCUT2D eigenvalue weighted by Gasteiger charge is -2.09. The second-order valence-corrected chi connectivity index (χ2v) is 4.35. The Hall–Kier alpha value is -1.40. The van der Waals surface area contributed by atoms with E-state index in [1.807, 2.05) is 0 Å². The van der Waals surface area contributed by atoms with E-state index in [1.165, 1.54) is 6.07 Å². The van der Waals surface area contributed by atoms with Gasteiger partial charge in [-0.05, 0) is 24.6 Å². The van der Waals surface area contributed by atoms with Crippen LogP contribution in [0.15, 0.2) is 18.2 Å². The fraction of sp³-hybridized carbons (Fsp3) is 0.333. The van der Waals surface area contributed by atoms with Crippen LogP contribution in [-0.4, -0.2) is 21.7 Å². The topological polar surface area (TPSA) is 46.0 Å². The minimum Gasteiger partial charge on any atom is -0.396 e. The summed E-state index contributed by atoms with van der Waals surface area (Å²) in [5.41, 5.74) is -0.422. The number of aryl methyl sites for hydroxylation is 1. The van der Waals surface area contributed by atoms with E-state index in [4.69, 9.17) is 16.7 Å². The average Bonchev–Trinajstić information content (AvgIpc) is 2.35. The highest BCUT2D eigenvalue weighted by Gasteiger charge is 2.30. The van der Waals surface area contributed by atoms with Crippen LogP contribution in [0.5, 0.6) is 0 Å². The largest absolute Gasteiger partial charge is 0.416 e. The van der Waals surface area contributed by atoms with E-state index in [2.05, 4.69) is 9.97 Å². The zero-order valence-corrected chi connectivity index (χ0v) is 10.5. The minimum absolute atomic E-state index is 0.00791. The highest BCUT2D eigenvalue weighted by molar-refractivity contribution is 6.34. The summed E-state index contributed by atoms with van der Waals surface area (Å²) in [6.07, 6.45) is -3.53. The molecular weight excluding hydrogens is 281 g/mol. The fourth-order valence-corrected chi connectivity index (χ4v) is 1.91. The quantitative estimate of drug-likeness (QED) is 0.883. The smallest absolute Gasteiger partial charge is 0.396 e. The van der Waals surface area contributed by atoms with Crippen LogP contribution in [0, 0.1) is 0 Å². The summed E-state index contributed by atoms with van der Waals surface area (Å²) in [6.45, 7) is -0.00791. The van der Waals surface area contributed by atoms with Crippen LogP contribution in [-0.2, 0) is 12.6 Å². The Labute approximate surface area is 112 Å². The van der Waals surface area contributed by atoms with Gasteiger partial charge < -0.3 is 5.11 Å². The number of hydrogen-bond acceptors (Lipinski definition) is 3. The molecule has 102 valence electrons. The summed E-state index contributed by atoms with van der Waals surface area (Å²) in [4.78, 5) is 8.06. The molecule has 0 bridgehead atoms. The molecule has 7 heteroatoms. The maximum absolute atomic E-state index is 12.6. The minimum atomic E-state index is -4.42. The third-order valence-corrected chi connectivity index (χ3v) is 2.87. The van der Waals surface area contributed by atoms with Gasteiger partial charge >= 0.3 is 6.18 Å². The summed E-state index contributed by atoms with van der Waals surface area (Å²) in [5, 5.41) is 8.88. The lowest BCUT2D eigenvalue weighted by molar-refractivity contribution is -0.137. The molecule has 1 aromatic carbocycles. The van der Waals surface area contributed by atoms with Crippen molar-refractivity contribution in [2.24, 2.45) is 0 Å². The average molecular weight is 291 g/mol. The van der Waals surface area contributed by atoms with E-state index in [9.17, 15) is 13.2 Å². The van der Waals surface area contributed by atoms with Gasteiger partial charge in [0, 0.05) is 18.4 Å². The van der Waals surface area contributed by atoms with Gasteiger partial charge in [-0.3, -0.25) is 0 Å². The molecule has 19 heavy (non-hydrogen) atoms. The van der Waals surface area contributed by atoms with Crippen LogP contribution >= 0.6 is 11.6 Å². The third kappa shape index (κ3) is 3.13. The zero-order valence-electron chi connectivity index (χ0n) is 9.71. The van der Waals surface area contributed by atoms with Gasteiger partial charge in [0.25, 0.3) is 0 Å². The molecule has 0 unspecified atom stereocenters. The van der Waals surface area contributed by atoms with Gasteiger partial charge in [-0.2, -0.15) is 13.2 Å². The predicted molar refractivity (Wildman–Crippen MR) is 65.0 cm³/mol. The van der Waals surface area contributed by atoms with Crippen molar-refractivity contribution >= 4 is 22.5 Å². The fourth-order valence-electron chi connectivity index (χ4n) is 1.66. The number of rotatable bonds is 3. The van der Waals surface area contributed by atoms with Gasteiger partial charge in [-0.1, -0.05) is 11.6 Å². The van der Waals surface area contributed by atoms with Crippen molar-refractivity contribution < 1.29 is 18.3 Å². The van der Waals surface area contributed by atoms with Crippen molar-refractivity contribution in [2.75, 3.05) is 6.61 Å². The lowest BCUT2D eigenvalue weighted by Crippen LogP contribution is -2.05. The first-order chi connectivity index (χ1) is 8.91. The summed E-state index contributed by atoms with van der Waals surface area (Å²) in [6, 6.07) is 3.17. The van der Waals surface area contributed by atoms with Crippen LogP contribution < -0.4 is 0 Å². The summed E-state index contributed by atoms with van der Waals surface area (Å²) >= 11 is 5.88. The van der Waals surface area contributed by atoms with E-state index in [1.54, 1.807) is 0 Å². The monoisotopic (exact) mass is 290 g/mol. The van der Waals surface area contributed by atoms with Crippen molar-refractivity contribution in [1.82, 2.24) is 9.97 Å². The predicted octanol–water partition coefficient (Wildman–Crippen LogP) is 3.23. The molecule has 1 N–H and O–H groups in total. The molecule has 0 saturated heterocycles. The van der Waals surface area contributed by atoms with E-state index in [0.29, 0.717) is 24.2 Å². The number of aliphatic hydroxyl groups is 1. The summed E-state index contributed by atoms with van der Waals surface area (Å²) < 4.78 is 37.7. The number of benzene rings is 1. The van der Waals surface area contributed by atoms with Crippen molar-refractivity contribution in [2.45, 2.75) is 19.0 Å². The normalized spacial score (nSPS) is 12.1. The number of halogens is 4. The van der Waals surface area contributed by atoms with Crippen molar-refractivity contribution in [3.8, 4) is 0 Å². The molecule has 0 aliphatic heterocycles. The number of aliphatic hydroxyl groups excluding tert-OH is 1. The Kier molecular flexibility index (Phi) is 3.91. The number of hydrogen-bond donors (Lipinski definition) is 1. The molecule has 0 amide bonds. The standard InChI is InChI=1S/C12H10ClF3N2O/c13-11-8-6-7(12(14,15)16)3-4-9(8)17-10(18-11)2-1-5-19/h3-4,6,19H,1-2,5H2. The molecule has 0 atom stereocenters. The molecule has 0 radical (unpaired) electrons. The second-order valence-electron chi connectivity index (χ2n) is 3.99. The Morgan fingerprint density at radius 3 is 2.58 bits per heavy atom. The Bertz CT molecular complexity index is 601. The third-order valence-electron chi connectivity index (χ3n) is 2.58.